The zero-order chi connectivity index (χ0) is 18.2. The first-order valence-electron chi connectivity index (χ1n) is 10.5. The summed E-state index contributed by atoms with van der Waals surface area (Å²) in [4.78, 5) is 0. The van der Waals surface area contributed by atoms with Crippen LogP contribution in [-0.2, 0) is 4.74 Å². The van der Waals surface area contributed by atoms with E-state index in [1.807, 2.05) is 12.1 Å². The molecule has 1 aromatic rings. The van der Waals surface area contributed by atoms with Crippen LogP contribution in [0.5, 0.6) is 0 Å². The zero-order valence-corrected chi connectivity index (χ0v) is 15.8. The summed E-state index contributed by atoms with van der Waals surface area (Å²) in [6.07, 6.45) is 12.0. The molecule has 0 amide bonds. The Morgan fingerprint density at radius 1 is 0.923 bits per heavy atom. The van der Waals surface area contributed by atoms with Crippen molar-refractivity contribution in [3.8, 4) is 6.07 Å². The van der Waals surface area contributed by atoms with Gasteiger partial charge in [-0.25, -0.2) is 0 Å². The first kappa shape index (κ1) is 19.4. The van der Waals surface area contributed by atoms with Crippen LogP contribution in [-0.4, -0.2) is 19.4 Å². The number of ether oxygens (including phenoxy) is 1. The molecule has 0 spiro atoms. The van der Waals surface area contributed by atoms with Crippen molar-refractivity contribution in [2.75, 3.05) is 13.3 Å². The molecule has 0 N–H and O–H groups in total. The van der Waals surface area contributed by atoms with Gasteiger partial charge in [0.2, 0.25) is 0 Å². The Morgan fingerprint density at radius 2 is 1.58 bits per heavy atom. The lowest BCUT2D eigenvalue weighted by molar-refractivity contribution is -0.00853. The summed E-state index contributed by atoms with van der Waals surface area (Å²) in [6, 6.07) is 10.3. The van der Waals surface area contributed by atoms with E-state index in [9.17, 15) is 4.39 Å². The molecule has 2 aliphatic carbocycles. The maximum Gasteiger partial charge on any atom is 0.0991 e. The SMILES string of the molecule is N#Cc1ccc([C@H]2CC[C@H](CO[C@H]3CC[C@H](CCCF)CC3)CC2)cc1. The van der Waals surface area contributed by atoms with Gasteiger partial charge in [0.1, 0.15) is 0 Å². The molecule has 2 fully saturated rings. The van der Waals surface area contributed by atoms with Gasteiger partial charge in [-0.1, -0.05) is 12.1 Å². The lowest BCUT2D eigenvalue weighted by Crippen LogP contribution is -2.26. The molecule has 0 aliphatic heterocycles. The normalized spacial score (nSPS) is 29.2. The quantitative estimate of drug-likeness (QED) is 0.585. The van der Waals surface area contributed by atoms with Crippen LogP contribution >= 0.6 is 0 Å². The molecular weight excluding hydrogens is 325 g/mol. The highest BCUT2D eigenvalue weighted by molar-refractivity contribution is 5.33. The highest BCUT2D eigenvalue weighted by atomic mass is 19.1. The minimum atomic E-state index is -0.165. The van der Waals surface area contributed by atoms with Crippen LogP contribution in [0.15, 0.2) is 24.3 Å². The summed E-state index contributed by atoms with van der Waals surface area (Å²) in [5, 5.41) is 8.91. The molecule has 0 aromatic heterocycles. The number of nitriles is 1. The second-order valence-electron chi connectivity index (χ2n) is 8.26. The van der Waals surface area contributed by atoms with Crippen molar-refractivity contribution in [2.45, 2.75) is 76.2 Å². The monoisotopic (exact) mass is 357 g/mol. The first-order valence-corrected chi connectivity index (χ1v) is 10.5. The van der Waals surface area contributed by atoms with Crippen molar-refractivity contribution < 1.29 is 9.13 Å². The second-order valence-corrected chi connectivity index (χ2v) is 8.26. The van der Waals surface area contributed by atoms with Crippen LogP contribution < -0.4 is 0 Å². The van der Waals surface area contributed by atoms with E-state index in [-0.39, 0.29) is 6.67 Å². The smallest absolute Gasteiger partial charge is 0.0991 e. The molecule has 0 heterocycles. The number of halogens is 1. The van der Waals surface area contributed by atoms with Crippen LogP contribution in [0.1, 0.15) is 81.3 Å². The van der Waals surface area contributed by atoms with Crippen molar-refractivity contribution in [2.24, 2.45) is 11.8 Å². The van der Waals surface area contributed by atoms with Crippen molar-refractivity contribution >= 4 is 0 Å². The fraction of sp³-hybridized carbons (Fsp3) is 0.696. The number of benzene rings is 1. The van der Waals surface area contributed by atoms with Crippen molar-refractivity contribution in [1.82, 2.24) is 0 Å². The Balaban J connectivity index is 1.34. The largest absolute Gasteiger partial charge is 0.378 e. The first-order chi connectivity index (χ1) is 12.8. The minimum absolute atomic E-state index is 0.165. The lowest BCUT2D eigenvalue weighted by atomic mass is 9.79. The Labute approximate surface area is 157 Å². The Morgan fingerprint density at radius 3 is 2.19 bits per heavy atom. The molecule has 142 valence electrons. The number of rotatable bonds is 7. The second kappa shape index (κ2) is 10.1. The highest BCUT2D eigenvalue weighted by Crippen LogP contribution is 2.37. The number of hydrogen-bond acceptors (Lipinski definition) is 2. The average molecular weight is 358 g/mol. The predicted molar refractivity (Wildman–Crippen MR) is 103 cm³/mol. The number of hydrogen-bond donors (Lipinski definition) is 0. The van der Waals surface area contributed by atoms with Crippen molar-refractivity contribution in [3.63, 3.8) is 0 Å². The van der Waals surface area contributed by atoms with Gasteiger partial charge in [-0.05, 0) is 99.7 Å². The number of alkyl halides is 1. The summed E-state index contributed by atoms with van der Waals surface area (Å²) < 4.78 is 18.5. The van der Waals surface area contributed by atoms with Gasteiger partial charge in [0.05, 0.1) is 24.4 Å². The van der Waals surface area contributed by atoms with Gasteiger partial charge < -0.3 is 4.74 Å². The molecular formula is C23H32FNO. The highest BCUT2D eigenvalue weighted by Gasteiger charge is 2.25. The Kier molecular flexibility index (Phi) is 7.50. The van der Waals surface area contributed by atoms with E-state index in [1.54, 1.807) is 0 Å². The number of nitrogens with zero attached hydrogens (tertiary/aromatic N) is 1. The molecule has 2 nitrogen and oxygen atoms in total. The van der Waals surface area contributed by atoms with Gasteiger partial charge in [0.25, 0.3) is 0 Å². The predicted octanol–water partition coefficient (Wildman–Crippen LogP) is 6.16. The van der Waals surface area contributed by atoms with E-state index in [2.05, 4.69) is 18.2 Å². The van der Waals surface area contributed by atoms with E-state index < -0.39 is 0 Å². The summed E-state index contributed by atoms with van der Waals surface area (Å²) in [5.74, 6) is 2.08. The summed E-state index contributed by atoms with van der Waals surface area (Å²) in [7, 11) is 0. The van der Waals surface area contributed by atoms with Gasteiger partial charge >= 0.3 is 0 Å². The van der Waals surface area contributed by atoms with E-state index in [0.717, 1.165) is 43.8 Å². The fourth-order valence-corrected chi connectivity index (χ4v) is 4.72. The van der Waals surface area contributed by atoms with Crippen molar-refractivity contribution in [3.05, 3.63) is 35.4 Å². The Bertz CT molecular complexity index is 563. The van der Waals surface area contributed by atoms with Crippen LogP contribution in [0.25, 0.3) is 0 Å². The van der Waals surface area contributed by atoms with Gasteiger partial charge in [0.15, 0.2) is 0 Å². The van der Waals surface area contributed by atoms with Gasteiger partial charge in [-0.3, -0.25) is 4.39 Å². The Hall–Kier alpha value is -1.40. The summed E-state index contributed by atoms with van der Waals surface area (Å²) in [6.45, 7) is 0.751. The lowest BCUT2D eigenvalue weighted by Gasteiger charge is -2.32. The van der Waals surface area contributed by atoms with E-state index in [4.69, 9.17) is 10.00 Å². The molecule has 2 aliphatic rings. The summed E-state index contributed by atoms with van der Waals surface area (Å²) in [5.41, 5.74) is 2.13. The minimum Gasteiger partial charge on any atom is -0.378 e. The third kappa shape index (κ3) is 5.55. The molecule has 0 radical (unpaired) electrons. The third-order valence-corrected chi connectivity index (χ3v) is 6.47. The molecule has 0 saturated heterocycles. The topological polar surface area (TPSA) is 33.0 Å². The van der Waals surface area contributed by atoms with Gasteiger partial charge in [0, 0.05) is 6.61 Å². The molecule has 3 rings (SSSR count). The van der Waals surface area contributed by atoms with Gasteiger partial charge in [-0.15, -0.1) is 0 Å². The molecule has 2 saturated carbocycles. The average Bonchev–Trinajstić information content (AvgIpc) is 2.72. The van der Waals surface area contributed by atoms with E-state index in [1.165, 1.54) is 44.1 Å². The molecule has 0 unspecified atom stereocenters. The van der Waals surface area contributed by atoms with Crippen molar-refractivity contribution in [1.29, 1.82) is 5.26 Å². The molecule has 0 bridgehead atoms. The zero-order valence-electron chi connectivity index (χ0n) is 15.8. The third-order valence-electron chi connectivity index (χ3n) is 6.47. The molecule has 1 aromatic carbocycles. The molecule has 26 heavy (non-hydrogen) atoms. The van der Waals surface area contributed by atoms with Gasteiger partial charge in [-0.2, -0.15) is 5.26 Å². The fourth-order valence-electron chi connectivity index (χ4n) is 4.72. The van der Waals surface area contributed by atoms with E-state index in [0.29, 0.717) is 17.9 Å². The van der Waals surface area contributed by atoms with E-state index >= 15 is 0 Å². The van der Waals surface area contributed by atoms with Crippen LogP contribution in [0.4, 0.5) is 4.39 Å². The van der Waals surface area contributed by atoms with Crippen LogP contribution in [0, 0.1) is 23.2 Å². The molecule has 0 atom stereocenters. The summed E-state index contributed by atoms with van der Waals surface area (Å²) >= 11 is 0. The maximum atomic E-state index is 12.3. The molecule has 3 heteroatoms. The van der Waals surface area contributed by atoms with Crippen LogP contribution in [0.3, 0.4) is 0 Å². The maximum absolute atomic E-state index is 12.3. The van der Waals surface area contributed by atoms with Crippen LogP contribution in [0.2, 0.25) is 0 Å². The standard InChI is InChI=1S/C23H32FNO/c24-15-1-2-18-7-13-23(14-8-18)26-17-20-5-11-22(12-6-20)21-9-3-19(16-25)4-10-21/h3-4,9-10,18,20,22-23H,1-2,5-8,11-15,17H2/t18-,20-,22-,23-.